The number of rotatable bonds is 7. The number of anilines is 2. The molecule has 106 valence electrons. The normalized spacial score (nSPS) is 16.8. The van der Waals surface area contributed by atoms with Crippen LogP contribution in [0.4, 0.5) is 11.8 Å². The van der Waals surface area contributed by atoms with Crippen molar-refractivity contribution >= 4 is 11.8 Å². The fourth-order valence-corrected chi connectivity index (χ4v) is 2.59. The van der Waals surface area contributed by atoms with Crippen LogP contribution in [0, 0.1) is 12.3 Å². The molecular weight excluding hydrogens is 236 g/mol. The van der Waals surface area contributed by atoms with Crippen LogP contribution in [0.15, 0.2) is 6.07 Å². The lowest BCUT2D eigenvalue weighted by Gasteiger charge is -2.41. The lowest BCUT2D eigenvalue weighted by atomic mass is 9.67. The minimum atomic E-state index is 0.510. The van der Waals surface area contributed by atoms with Gasteiger partial charge in [-0.25, -0.2) is 4.98 Å². The van der Waals surface area contributed by atoms with Crippen molar-refractivity contribution in [1.82, 2.24) is 9.97 Å². The molecule has 0 radical (unpaired) electrons. The van der Waals surface area contributed by atoms with Crippen LogP contribution in [-0.2, 0) is 0 Å². The van der Waals surface area contributed by atoms with Crippen LogP contribution in [0.5, 0.6) is 0 Å². The molecule has 1 saturated carbocycles. The van der Waals surface area contributed by atoms with E-state index < -0.39 is 0 Å². The van der Waals surface area contributed by atoms with Gasteiger partial charge in [-0.05, 0) is 38.0 Å². The fraction of sp³-hybridized carbons (Fsp3) is 0.733. The maximum atomic E-state index is 4.53. The van der Waals surface area contributed by atoms with Gasteiger partial charge in [-0.2, -0.15) is 4.98 Å². The first-order chi connectivity index (χ1) is 9.17. The van der Waals surface area contributed by atoms with Crippen molar-refractivity contribution in [2.75, 3.05) is 23.7 Å². The summed E-state index contributed by atoms with van der Waals surface area (Å²) < 4.78 is 0. The molecule has 4 nitrogen and oxygen atoms in total. The molecule has 1 aliphatic rings. The fourth-order valence-electron chi connectivity index (χ4n) is 2.59. The molecule has 1 heterocycles. The van der Waals surface area contributed by atoms with Crippen LogP contribution >= 0.6 is 0 Å². The number of aryl methyl sites for hydroxylation is 1. The molecule has 0 aromatic carbocycles. The highest BCUT2D eigenvalue weighted by Gasteiger charge is 2.34. The monoisotopic (exact) mass is 262 g/mol. The van der Waals surface area contributed by atoms with E-state index in [1.807, 2.05) is 13.0 Å². The maximum absolute atomic E-state index is 4.53. The molecule has 0 saturated heterocycles. The Balaban J connectivity index is 1.97. The van der Waals surface area contributed by atoms with E-state index in [0.717, 1.165) is 37.0 Å². The van der Waals surface area contributed by atoms with Crippen LogP contribution < -0.4 is 10.6 Å². The summed E-state index contributed by atoms with van der Waals surface area (Å²) in [5.41, 5.74) is 1.52. The second-order valence-corrected chi connectivity index (χ2v) is 5.71. The van der Waals surface area contributed by atoms with E-state index >= 15 is 0 Å². The van der Waals surface area contributed by atoms with Gasteiger partial charge < -0.3 is 10.6 Å². The summed E-state index contributed by atoms with van der Waals surface area (Å²) in [6.07, 6.45) is 6.41. The average molecular weight is 262 g/mol. The van der Waals surface area contributed by atoms with Gasteiger partial charge in [-0.1, -0.05) is 20.3 Å². The zero-order valence-electron chi connectivity index (χ0n) is 12.4. The predicted molar refractivity (Wildman–Crippen MR) is 80.6 cm³/mol. The summed E-state index contributed by atoms with van der Waals surface area (Å²) in [6.45, 7) is 8.40. The molecule has 2 N–H and O–H groups in total. The van der Waals surface area contributed by atoms with E-state index in [9.17, 15) is 0 Å². The summed E-state index contributed by atoms with van der Waals surface area (Å²) in [7, 11) is 0. The van der Waals surface area contributed by atoms with Gasteiger partial charge in [0.05, 0.1) is 0 Å². The smallest absolute Gasteiger partial charge is 0.224 e. The Kier molecular flexibility index (Phi) is 4.61. The van der Waals surface area contributed by atoms with Crippen LogP contribution in [0.2, 0.25) is 0 Å². The van der Waals surface area contributed by atoms with Gasteiger partial charge in [-0.15, -0.1) is 0 Å². The molecule has 0 unspecified atom stereocenters. The van der Waals surface area contributed by atoms with Crippen LogP contribution in [-0.4, -0.2) is 23.1 Å². The molecule has 0 aliphatic heterocycles. The Hall–Kier alpha value is -1.32. The molecule has 0 atom stereocenters. The van der Waals surface area contributed by atoms with Gasteiger partial charge in [0.25, 0.3) is 0 Å². The second kappa shape index (κ2) is 6.22. The molecule has 2 rings (SSSR count). The Labute approximate surface area is 116 Å². The van der Waals surface area contributed by atoms with Gasteiger partial charge in [0.2, 0.25) is 5.95 Å². The third-order valence-electron chi connectivity index (χ3n) is 4.20. The summed E-state index contributed by atoms with van der Waals surface area (Å²) in [6, 6.07) is 2.03. The average Bonchev–Trinajstić information content (AvgIpc) is 2.35. The van der Waals surface area contributed by atoms with Gasteiger partial charge in [0, 0.05) is 24.8 Å². The first kappa shape index (κ1) is 14.1. The Bertz CT molecular complexity index is 407. The van der Waals surface area contributed by atoms with E-state index in [1.54, 1.807) is 0 Å². The first-order valence-corrected chi connectivity index (χ1v) is 7.51. The number of nitrogens with one attached hydrogen (secondary N) is 2. The van der Waals surface area contributed by atoms with E-state index in [0.29, 0.717) is 5.41 Å². The van der Waals surface area contributed by atoms with Crippen molar-refractivity contribution in [2.45, 2.75) is 52.9 Å². The maximum Gasteiger partial charge on any atom is 0.224 e. The summed E-state index contributed by atoms with van der Waals surface area (Å²) in [5.74, 6) is 1.69. The molecule has 1 aromatic heterocycles. The first-order valence-electron chi connectivity index (χ1n) is 7.51. The molecule has 4 heteroatoms. The van der Waals surface area contributed by atoms with Crippen LogP contribution in [0.25, 0.3) is 0 Å². The number of aromatic nitrogens is 2. The highest BCUT2D eigenvalue weighted by atomic mass is 15.1. The number of nitrogens with zero attached hydrogens (tertiary/aromatic N) is 2. The molecule has 1 aliphatic carbocycles. The summed E-state index contributed by atoms with van der Waals surface area (Å²) in [4.78, 5) is 8.94. The van der Waals surface area contributed by atoms with Gasteiger partial charge in [0.1, 0.15) is 5.82 Å². The van der Waals surface area contributed by atoms with Crippen molar-refractivity contribution < 1.29 is 0 Å². The minimum Gasteiger partial charge on any atom is -0.369 e. The quantitative estimate of drug-likeness (QED) is 0.788. The molecule has 19 heavy (non-hydrogen) atoms. The Morgan fingerprint density at radius 2 is 2.00 bits per heavy atom. The molecule has 0 amide bonds. The molecule has 0 spiro atoms. The lowest BCUT2D eigenvalue weighted by Crippen LogP contribution is -2.36. The Morgan fingerprint density at radius 3 is 2.58 bits per heavy atom. The molecular formula is C15H26N4. The number of hydrogen-bond donors (Lipinski definition) is 2. The Morgan fingerprint density at radius 1 is 1.21 bits per heavy atom. The zero-order valence-corrected chi connectivity index (χ0v) is 12.4. The molecule has 1 aromatic rings. The van der Waals surface area contributed by atoms with E-state index in [2.05, 4.69) is 34.4 Å². The van der Waals surface area contributed by atoms with Crippen molar-refractivity contribution in [3.63, 3.8) is 0 Å². The van der Waals surface area contributed by atoms with Crippen molar-refractivity contribution in [3.05, 3.63) is 11.8 Å². The zero-order chi connectivity index (χ0) is 13.7. The van der Waals surface area contributed by atoms with Crippen molar-refractivity contribution in [1.29, 1.82) is 0 Å². The van der Waals surface area contributed by atoms with E-state index in [4.69, 9.17) is 0 Å². The summed E-state index contributed by atoms with van der Waals surface area (Å²) in [5, 5.41) is 6.76. The number of hydrogen-bond acceptors (Lipinski definition) is 4. The standard InChI is InChI=1S/C15H26N4/c1-4-9-16-14-18-12(3)10-13(19-14)17-11-15(5-2)7-6-8-15/h10H,4-9,11H2,1-3H3,(H2,16,17,18,19). The van der Waals surface area contributed by atoms with Gasteiger partial charge >= 0.3 is 0 Å². The SMILES string of the molecule is CCCNc1nc(C)cc(NCC2(CC)CCC2)n1. The third-order valence-corrected chi connectivity index (χ3v) is 4.20. The van der Waals surface area contributed by atoms with Crippen molar-refractivity contribution in [3.8, 4) is 0 Å². The lowest BCUT2D eigenvalue weighted by molar-refractivity contribution is 0.145. The van der Waals surface area contributed by atoms with E-state index in [-0.39, 0.29) is 0 Å². The van der Waals surface area contributed by atoms with Crippen LogP contribution in [0.3, 0.4) is 0 Å². The second-order valence-electron chi connectivity index (χ2n) is 5.71. The summed E-state index contributed by atoms with van der Waals surface area (Å²) >= 11 is 0. The topological polar surface area (TPSA) is 49.8 Å². The largest absolute Gasteiger partial charge is 0.369 e. The van der Waals surface area contributed by atoms with E-state index in [1.165, 1.54) is 25.7 Å². The van der Waals surface area contributed by atoms with Gasteiger partial charge in [-0.3, -0.25) is 0 Å². The van der Waals surface area contributed by atoms with Crippen LogP contribution in [0.1, 0.15) is 51.6 Å². The molecule has 0 bridgehead atoms. The highest BCUT2D eigenvalue weighted by molar-refractivity contribution is 5.42. The third kappa shape index (κ3) is 3.58. The van der Waals surface area contributed by atoms with Gasteiger partial charge in [0.15, 0.2) is 0 Å². The van der Waals surface area contributed by atoms with Crippen molar-refractivity contribution in [2.24, 2.45) is 5.41 Å². The predicted octanol–water partition coefficient (Wildman–Crippen LogP) is 3.60. The highest BCUT2D eigenvalue weighted by Crippen LogP contribution is 2.43. The molecule has 1 fully saturated rings. The minimum absolute atomic E-state index is 0.510.